The van der Waals surface area contributed by atoms with Crippen LogP contribution >= 0.6 is 11.6 Å². The molecule has 1 aromatic carbocycles. The van der Waals surface area contributed by atoms with Gasteiger partial charge in [0.05, 0.1) is 23.9 Å². The van der Waals surface area contributed by atoms with Crippen molar-refractivity contribution >= 4 is 23.2 Å². The molecule has 0 atom stereocenters. The summed E-state index contributed by atoms with van der Waals surface area (Å²) >= 11 is 5.83. The molecule has 1 aliphatic heterocycles. The normalized spacial score (nSPS) is 15.7. The smallest absolute Gasteiger partial charge is 0.277 e. The van der Waals surface area contributed by atoms with Gasteiger partial charge in [-0.2, -0.15) is 0 Å². The summed E-state index contributed by atoms with van der Waals surface area (Å²) in [6.45, 7) is 1.22. The van der Waals surface area contributed by atoms with Crippen LogP contribution in [0, 0.1) is 0 Å². The van der Waals surface area contributed by atoms with E-state index in [0.717, 1.165) is 6.42 Å². The lowest BCUT2D eigenvalue weighted by atomic mass is 10.2. The van der Waals surface area contributed by atoms with Gasteiger partial charge in [0.15, 0.2) is 0 Å². The molecule has 2 rings (SSSR count). The molecule has 1 aromatic rings. The number of nitrogens with two attached hydrogens (primary N) is 1. The van der Waals surface area contributed by atoms with Crippen LogP contribution in [0.3, 0.4) is 0 Å². The number of carbonyl (C=O) groups is 1. The van der Waals surface area contributed by atoms with Gasteiger partial charge in [-0.1, -0.05) is 11.6 Å². The summed E-state index contributed by atoms with van der Waals surface area (Å²) in [7, 11) is 0. The SMILES string of the molecule is Nc1ccc(C(=O)N2CCCO2)cc1Cl. The van der Waals surface area contributed by atoms with Crippen molar-refractivity contribution < 1.29 is 9.63 Å². The molecule has 0 aliphatic carbocycles. The number of rotatable bonds is 1. The van der Waals surface area contributed by atoms with E-state index < -0.39 is 0 Å². The monoisotopic (exact) mass is 226 g/mol. The van der Waals surface area contributed by atoms with Gasteiger partial charge < -0.3 is 5.73 Å². The standard InChI is InChI=1S/C10H11ClN2O2/c11-8-6-7(2-3-9(8)12)10(14)13-4-1-5-15-13/h2-3,6H,1,4-5,12H2. The molecule has 0 radical (unpaired) electrons. The van der Waals surface area contributed by atoms with Crippen molar-refractivity contribution in [1.29, 1.82) is 0 Å². The molecule has 0 aromatic heterocycles. The van der Waals surface area contributed by atoms with Gasteiger partial charge >= 0.3 is 0 Å². The maximum absolute atomic E-state index is 11.8. The molecule has 5 heteroatoms. The van der Waals surface area contributed by atoms with Crippen molar-refractivity contribution in [3.8, 4) is 0 Å². The van der Waals surface area contributed by atoms with Gasteiger partial charge in [-0.15, -0.1) is 0 Å². The second-order valence-electron chi connectivity index (χ2n) is 3.33. The Morgan fingerprint density at radius 1 is 1.53 bits per heavy atom. The van der Waals surface area contributed by atoms with Crippen LogP contribution < -0.4 is 5.73 Å². The molecule has 0 spiro atoms. The number of nitrogens with zero attached hydrogens (tertiary/aromatic N) is 1. The number of nitrogen functional groups attached to an aromatic ring is 1. The average molecular weight is 227 g/mol. The lowest BCUT2D eigenvalue weighted by molar-refractivity contribution is -0.0768. The summed E-state index contributed by atoms with van der Waals surface area (Å²) in [4.78, 5) is 17.0. The topological polar surface area (TPSA) is 55.6 Å². The maximum Gasteiger partial charge on any atom is 0.277 e. The van der Waals surface area contributed by atoms with E-state index in [4.69, 9.17) is 22.2 Å². The molecule has 1 heterocycles. The van der Waals surface area contributed by atoms with Gasteiger partial charge in [0.1, 0.15) is 0 Å². The minimum Gasteiger partial charge on any atom is -0.398 e. The largest absolute Gasteiger partial charge is 0.398 e. The molecule has 1 amide bonds. The van der Waals surface area contributed by atoms with E-state index in [1.54, 1.807) is 18.2 Å². The highest BCUT2D eigenvalue weighted by Gasteiger charge is 2.21. The molecule has 80 valence electrons. The van der Waals surface area contributed by atoms with Crippen LogP contribution in [0.4, 0.5) is 5.69 Å². The summed E-state index contributed by atoms with van der Waals surface area (Å²) in [6, 6.07) is 4.82. The Hall–Kier alpha value is -1.26. The fourth-order valence-corrected chi connectivity index (χ4v) is 1.59. The Labute approximate surface area is 92.5 Å². The molecule has 2 N–H and O–H groups in total. The Balaban J connectivity index is 2.21. The van der Waals surface area contributed by atoms with Gasteiger partial charge in [-0.25, -0.2) is 5.06 Å². The summed E-state index contributed by atoms with van der Waals surface area (Å²) in [5.41, 5.74) is 6.52. The molecule has 0 unspecified atom stereocenters. The summed E-state index contributed by atoms with van der Waals surface area (Å²) < 4.78 is 0. The second-order valence-corrected chi connectivity index (χ2v) is 3.74. The molecule has 0 saturated carbocycles. The van der Waals surface area contributed by atoms with Gasteiger partial charge in [0, 0.05) is 5.56 Å². The molecule has 1 fully saturated rings. The van der Waals surface area contributed by atoms with E-state index >= 15 is 0 Å². The van der Waals surface area contributed by atoms with Gasteiger partial charge in [0.25, 0.3) is 5.91 Å². The second kappa shape index (κ2) is 4.08. The zero-order valence-electron chi connectivity index (χ0n) is 8.07. The fraction of sp³-hybridized carbons (Fsp3) is 0.300. The predicted molar refractivity (Wildman–Crippen MR) is 57.5 cm³/mol. The summed E-state index contributed by atoms with van der Waals surface area (Å²) in [6.07, 6.45) is 0.869. The van der Waals surface area contributed by atoms with Crippen LogP contribution in [0.2, 0.25) is 5.02 Å². The molecule has 1 aliphatic rings. The third kappa shape index (κ3) is 2.06. The number of hydrogen-bond acceptors (Lipinski definition) is 3. The van der Waals surface area contributed by atoms with E-state index in [9.17, 15) is 4.79 Å². The lowest BCUT2D eigenvalue weighted by Crippen LogP contribution is -2.26. The first kappa shape index (κ1) is 10.3. The van der Waals surface area contributed by atoms with E-state index in [-0.39, 0.29) is 5.91 Å². The average Bonchev–Trinajstić information content (AvgIpc) is 2.74. The summed E-state index contributed by atoms with van der Waals surface area (Å²) in [5, 5.41) is 1.74. The zero-order valence-corrected chi connectivity index (χ0v) is 8.83. The molecular formula is C10H11ClN2O2. The number of benzene rings is 1. The quantitative estimate of drug-likeness (QED) is 0.742. The minimum absolute atomic E-state index is 0.172. The molecule has 1 saturated heterocycles. The van der Waals surface area contributed by atoms with E-state index in [1.807, 2.05) is 0 Å². The highest BCUT2D eigenvalue weighted by Crippen LogP contribution is 2.21. The molecule has 4 nitrogen and oxygen atoms in total. The highest BCUT2D eigenvalue weighted by atomic mass is 35.5. The van der Waals surface area contributed by atoms with Crippen LogP contribution in [0.25, 0.3) is 0 Å². The number of carbonyl (C=O) groups excluding carboxylic acids is 1. The Bertz CT molecular complexity index is 389. The van der Waals surface area contributed by atoms with E-state index in [2.05, 4.69) is 0 Å². The number of hydrogen-bond donors (Lipinski definition) is 1. The number of hydroxylamine groups is 2. The van der Waals surface area contributed by atoms with Crippen LogP contribution in [-0.2, 0) is 4.84 Å². The molecule has 15 heavy (non-hydrogen) atoms. The van der Waals surface area contributed by atoms with Crippen LogP contribution in [-0.4, -0.2) is 24.1 Å². The first-order valence-corrected chi connectivity index (χ1v) is 5.06. The van der Waals surface area contributed by atoms with Crippen molar-refractivity contribution in [1.82, 2.24) is 5.06 Å². The first-order valence-electron chi connectivity index (χ1n) is 4.68. The third-order valence-corrected chi connectivity index (χ3v) is 2.55. The van der Waals surface area contributed by atoms with Gasteiger partial charge in [-0.05, 0) is 24.6 Å². The van der Waals surface area contributed by atoms with Crippen molar-refractivity contribution in [2.24, 2.45) is 0 Å². The van der Waals surface area contributed by atoms with Crippen LogP contribution in [0.5, 0.6) is 0 Å². The van der Waals surface area contributed by atoms with E-state index in [1.165, 1.54) is 5.06 Å². The Morgan fingerprint density at radius 2 is 2.33 bits per heavy atom. The number of amides is 1. The first-order chi connectivity index (χ1) is 7.18. The summed E-state index contributed by atoms with van der Waals surface area (Å²) in [5.74, 6) is -0.172. The van der Waals surface area contributed by atoms with Gasteiger partial charge in [-0.3, -0.25) is 9.63 Å². The maximum atomic E-state index is 11.8. The molecular weight excluding hydrogens is 216 g/mol. The minimum atomic E-state index is -0.172. The van der Waals surface area contributed by atoms with Crippen LogP contribution in [0.1, 0.15) is 16.8 Å². The Kier molecular flexibility index (Phi) is 2.79. The highest BCUT2D eigenvalue weighted by molar-refractivity contribution is 6.33. The van der Waals surface area contributed by atoms with Crippen molar-refractivity contribution in [2.75, 3.05) is 18.9 Å². The van der Waals surface area contributed by atoms with Crippen molar-refractivity contribution in [3.63, 3.8) is 0 Å². The van der Waals surface area contributed by atoms with Crippen molar-refractivity contribution in [2.45, 2.75) is 6.42 Å². The molecule has 0 bridgehead atoms. The van der Waals surface area contributed by atoms with E-state index in [0.29, 0.717) is 29.4 Å². The van der Waals surface area contributed by atoms with Crippen molar-refractivity contribution in [3.05, 3.63) is 28.8 Å². The zero-order chi connectivity index (χ0) is 10.8. The fourth-order valence-electron chi connectivity index (χ4n) is 1.41. The predicted octanol–water partition coefficient (Wildman–Crippen LogP) is 1.70. The van der Waals surface area contributed by atoms with Gasteiger partial charge in [0.2, 0.25) is 0 Å². The third-order valence-electron chi connectivity index (χ3n) is 2.23. The lowest BCUT2D eigenvalue weighted by Gasteiger charge is -2.13. The number of halogens is 1. The number of anilines is 1. The Morgan fingerprint density at radius 3 is 2.93 bits per heavy atom. The van der Waals surface area contributed by atoms with Crippen LogP contribution in [0.15, 0.2) is 18.2 Å².